The Morgan fingerprint density at radius 3 is 2.70 bits per heavy atom. The molecule has 7 heteroatoms. The van der Waals surface area contributed by atoms with Gasteiger partial charge in [-0.05, 0) is 45.7 Å². The molecule has 1 fully saturated rings. The molecule has 1 atom stereocenters. The Morgan fingerprint density at radius 1 is 1.33 bits per heavy atom. The zero-order chi connectivity index (χ0) is 19.4. The minimum Gasteiger partial charge on any atom is -0.352 e. The predicted octanol–water partition coefficient (Wildman–Crippen LogP) is 1.08. The minimum absolute atomic E-state index is 0.0193. The highest BCUT2D eigenvalue weighted by atomic mass is 32.2. The summed E-state index contributed by atoms with van der Waals surface area (Å²) >= 11 is 1.37. The molecule has 0 radical (unpaired) electrons. The van der Waals surface area contributed by atoms with Crippen LogP contribution in [0.4, 0.5) is 0 Å². The molecule has 1 aliphatic rings. The van der Waals surface area contributed by atoms with Crippen molar-refractivity contribution in [3.05, 3.63) is 34.6 Å². The molecule has 0 spiro atoms. The number of carbonyl (C=O) groups is 1. The van der Waals surface area contributed by atoms with Gasteiger partial charge in [-0.2, -0.15) is 0 Å². The number of likely N-dealkylation sites (N-methyl/N-ethyl adjacent to an activating group) is 1. The molecule has 1 heterocycles. The molecular weight excluding hydrogens is 360 g/mol. The lowest BCUT2D eigenvalue weighted by Gasteiger charge is -2.19. The van der Waals surface area contributed by atoms with E-state index < -0.39 is 0 Å². The van der Waals surface area contributed by atoms with Crippen molar-refractivity contribution in [3.63, 3.8) is 0 Å². The number of rotatable bonds is 9. The first-order valence-corrected chi connectivity index (χ1v) is 10.7. The minimum atomic E-state index is -0.286. The molecule has 6 nitrogen and oxygen atoms in total. The van der Waals surface area contributed by atoms with Crippen molar-refractivity contribution in [2.75, 3.05) is 19.6 Å². The number of fused-ring (bicyclic) bond motifs is 1. The summed E-state index contributed by atoms with van der Waals surface area (Å²) in [5.74, 6) is 0.0193. The highest BCUT2D eigenvalue weighted by molar-refractivity contribution is 8.00. The van der Waals surface area contributed by atoms with Crippen molar-refractivity contribution in [3.8, 4) is 0 Å². The van der Waals surface area contributed by atoms with E-state index in [2.05, 4.69) is 19.2 Å². The second-order valence-corrected chi connectivity index (χ2v) is 8.43. The Balaban J connectivity index is 1.89. The topological polar surface area (TPSA) is 68.4 Å². The van der Waals surface area contributed by atoms with E-state index in [9.17, 15) is 9.59 Å². The molecule has 0 bridgehead atoms. The zero-order valence-electron chi connectivity index (χ0n) is 16.3. The third kappa shape index (κ3) is 4.90. The van der Waals surface area contributed by atoms with Gasteiger partial charge in [-0.3, -0.25) is 14.2 Å². The maximum Gasteiger partial charge on any atom is 0.262 e. The smallest absolute Gasteiger partial charge is 0.262 e. The number of quaternary nitrogens is 1. The standard InChI is InChI=1S/C20H28N4O2S/c1-4-23(5-2)12-13-24-19(26)16-8-6-7-9-17(16)22-20(24)27-14(3)18(25)21-15-10-11-15/h6-9,14-15H,4-5,10-13H2,1-3H3,(H,21,25)/p+1/t14-/m1/s1. The first-order chi connectivity index (χ1) is 13.0. The van der Waals surface area contributed by atoms with Crippen LogP contribution in [0.25, 0.3) is 10.9 Å². The molecule has 1 saturated carbocycles. The number of nitrogens with zero attached hydrogens (tertiary/aromatic N) is 2. The maximum absolute atomic E-state index is 13.1. The van der Waals surface area contributed by atoms with Crippen LogP contribution in [0, 0.1) is 0 Å². The number of hydrogen-bond donors (Lipinski definition) is 2. The Hall–Kier alpha value is -1.86. The first kappa shape index (κ1) is 19.9. The summed E-state index contributed by atoms with van der Waals surface area (Å²) in [6, 6.07) is 7.76. The van der Waals surface area contributed by atoms with Crippen molar-refractivity contribution in [1.29, 1.82) is 0 Å². The maximum atomic E-state index is 13.1. The molecule has 1 amide bonds. The van der Waals surface area contributed by atoms with E-state index >= 15 is 0 Å². The molecule has 2 N–H and O–H groups in total. The predicted molar refractivity (Wildman–Crippen MR) is 109 cm³/mol. The third-order valence-corrected chi connectivity index (χ3v) is 6.18. The van der Waals surface area contributed by atoms with Gasteiger partial charge in [0.1, 0.15) is 0 Å². The van der Waals surface area contributed by atoms with Crippen molar-refractivity contribution >= 4 is 28.6 Å². The fraction of sp³-hybridized carbons (Fsp3) is 0.550. The SMILES string of the molecule is CC[NH+](CC)CCn1c(S[C@H](C)C(=O)NC2CC2)nc2ccccc2c1=O. The number of carbonyl (C=O) groups excluding carboxylic acids is 1. The monoisotopic (exact) mass is 389 g/mol. The zero-order valence-corrected chi connectivity index (χ0v) is 17.1. The molecule has 0 unspecified atom stereocenters. The van der Waals surface area contributed by atoms with Gasteiger partial charge in [0.15, 0.2) is 5.16 Å². The van der Waals surface area contributed by atoms with E-state index in [1.54, 1.807) is 4.57 Å². The van der Waals surface area contributed by atoms with E-state index in [0.717, 1.165) is 32.5 Å². The fourth-order valence-corrected chi connectivity index (χ4v) is 4.01. The van der Waals surface area contributed by atoms with Gasteiger partial charge >= 0.3 is 0 Å². The van der Waals surface area contributed by atoms with Crippen LogP contribution in [-0.4, -0.2) is 46.4 Å². The Morgan fingerprint density at radius 2 is 2.04 bits per heavy atom. The lowest BCUT2D eigenvalue weighted by molar-refractivity contribution is -0.897. The Bertz CT molecular complexity index is 859. The molecule has 0 aliphatic heterocycles. The van der Waals surface area contributed by atoms with Crippen LogP contribution in [0.1, 0.15) is 33.6 Å². The molecule has 1 aromatic carbocycles. The summed E-state index contributed by atoms with van der Waals surface area (Å²) < 4.78 is 1.75. The molecule has 0 saturated heterocycles. The van der Waals surface area contributed by atoms with Crippen molar-refractivity contribution in [2.24, 2.45) is 0 Å². The molecule has 146 valence electrons. The molecular formula is C20H29N4O2S+. The van der Waals surface area contributed by atoms with E-state index in [-0.39, 0.29) is 16.7 Å². The third-order valence-electron chi connectivity index (χ3n) is 5.09. The number of hydrogen-bond acceptors (Lipinski definition) is 4. The summed E-state index contributed by atoms with van der Waals surface area (Å²) in [6.45, 7) is 9.70. The number of para-hydroxylation sites is 1. The van der Waals surface area contributed by atoms with Gasteiger partial charge in [0, 0.05) is 6.04 Å². The molecule has 1 aromatic heterocycles. The van der Waals surface area contributed by atoms with Crippen LogP contribution in [0.2, 0.25) is 0 Å². The van der Waals surface area contributed by atoms with Gasteiger partial charge in [0.2, 0.25) is 5.91 Å². The second kappa shape index (κ2) is 8.89. The highest BCUT2D eigenvalue weighted by Gasteiger charge is 2.27. The van der Waals surface area contributed by atoms with Crippen LogP contribution in [-0.2, 0) is 11.3 Å². The van der Waals surface area contributed by atoms with E-state index in [4.69, 9.17) is 4.98 Å². The van der Waals surface area contributed by atoms with Gasteiger partial charge in [0.05, 0.1) is 42.3 Å². The number of aromatic nitrogens is 2. The van der Waals surface area contributed by atoms with E-state index in [0.29, 0.717) is 28.6 Å². The molecule has 3 rings (SSSR count). The summed E-state index contributed by atoms with van der Waals surface area (Å²) in [4.78, 5) is 31.6. The van der Waals surface area contributed by atoms with Gasteiger partial charge in [-0.25, -0.2) is 4.98 Å². The average molecular weight is 390 g/mol. The number of benzene rings is 1. The van der Waals surface area contributed by atoms with Crippen molar-refractivity contribution < 1.29 is 9.69 Å². The molecule has 1 aliphatic carbocycles. The number of thioether (sulfide) groups is 1. The van der Waals surface area contributed by atoms with Crippen LogP contribution < -0.4 is 15.8 Å². The van der Waals surface area contributed by atoms with Crippen LogP contribution >= 0.6 is 11.8 Å². The lowest BCUT2D eigenvalue weighted by Crippen LogP contribution is -3.11. The van der Waals surface area contributed by atoms with Crippen LogP contribution in [0.5, 0.6) is 0 Å². The normalized spacial score (nSPS) is 15.3. The van der Waals surface area contributed by atoms with Gasteiger partial charge < -0.3 is 10.2 Å². The quantitative estimate of drug-likeness (QED) is 0.497. The van der Waals surface area contributed by atoms with Gasteiger partial charge in [-0.1, -0.05) is 23.9 Å². The van der Waals surface area contributed by atoms with Gasteiger partial charge in [0.25, 0.3) is 5.56 Å². The van der Waals surface area contributed by atoms with E-state index in [1.165, 1.54) is 16.7 Å². The average Bonchev–Trinajstić information content (AvgIpc) is 3.48. The Kier molecular flexibility index (Phi) is 6.55. The summed E-state index contributed by atoms with van der Waals surface area (Å²) in [5, 5.41) is 4.01. The largest absolute Gasteiger partial charge is 0.352 e. The molecule has 2 aromatic rings. The Labute approximate surface area is 164 Å². The van der Waals surface area contributed by atoms with Crippen LogP contribution in [0.15, 0.2) is 34.2 Å². The van der Waals surface area contributed by atoms with Crippen molar-refractivity contribution in [1.82, 2.24) is 14.9 Å². The van der Waals surface area contributed by atoms with Crippen molar-refractivity contribution in [2.45, 2.75) is 56.6 Å². The lowest BCUT2D eigenvalue weighted by atomic mass is 10.2. The van der Waals surface area contributed by atoms with E-state index in [1.807, 2.05) is 31.2 Å². The first-order valence-electron chi connectivity index (χ1n) is 9.83. The summed E-state index contributed by atoms with van der Waals surface area (Å²) in [6.07, 6.45) is 2.13. The van der Waals surface area contributed by atoms with Gasteiger partial charge in [-0.15, -0.1) is 0 Å². The highest BCUT2D eigenvalue weighted by Crippen LogP contribution is 2.24. The number of nitrogens with one attached hydrogen (secondary N) is 2. The second-order valence-electron chi connectivity index (χ2n) is 7.12. The summed E-state index contributed by atoms with van der Waals surface area (Å²) in [5.41, 5.74) is 0.663. The molecule has 27 heavy (non-hydrogen) atoms. The fourth-order valence-electron chi connectivity index (χ4n) is 3.07. The van der Waals surface area contributed by atoms with Crippen LogP contribution in [0.3, 0.4) is 0 Å². The summed E-state index contributed by atoms with van der Waals surface area (Å²) in [7, 11) is 0. The number of amides is 1.